The Morgan fingerprint density at radius 2 is 2.05 bits per heavy atom. The Morgan fingerprint density at radius 1 is 1.30 bits per heavy atom. The average Bonchev–Trinajstić information content (AvgIpc) is 2.75. The van der Waals surface area contributed by atoms with Crippen molar-refractivity contribution in [1.29, 1.82) is 0 Å². The maximum atomic E-state index is 5.77. The smallest absolute Gasteiger partial charge is 0.0896 e. The highest BCUT2D eigenvalue weighted by molar-refractivity contribution is 9.10. The predicted octanol–water partition coefficient (Wildman–Crippen LogP) is 3.52. The van der Waals surface area contributed by atoms with Crippen molar-refractivity contribution in [2.24, 2.45) is 0 Å². The van der Waals surface area contributed by atoms with E-state index >= 15 is 0 Å². The number of rotatable bonds is 7. The fourth-order valence-electron chi connectivity index (χ4n) is 2.10. The molecule has 0 saturated carbocycles. The lowest BCUT2D eigenvalue weighted by Crippen LogP contribution is -2.06. The highest BCUT2D eigenvalue weighted by Crippen LogP contribution is 2.21. The van der Waals surface area contributed by atoms with Crippen molar-refractivity contribution >= 4 is 15.9 Å². The number of aryl methyl sites for hydroxylation is 3. The predicted molar refractivity (Wildman–Crippen MR) is 82.6 cm³/mol. The molecule has 2 aromatic rings. The first-order valence-corrected chi connectivity index (χ1v) is 7.70. The minimum atomic E-state index is 0.603. The van der Waals surface area contributed by atoms with Gasteiger partial charge in [-0.25, -0.2) is 0 Å². The summed E-state index contributed by atoms with van der Waals surface area (Å²) in [7, 11) is 0. The molecule has 4 nitrogen and oxygen atoms in total. The minimum Gasteiger partial charge on any atom is -0.375 e. The second kappa shape index (κ2) is 7.55. The SMILES string of the molecule is CCn1nc(C)c(Br)c1COCCCc1ccncc1. The van der Waals surface area contributed by atoms with Crippen molar-refractivity contribution in [3.8, 4) is 0 Å². The molecule has 0 saturated heterocycles. The van der Waals surface area contributed by atoms with Crippen molar-refractivity contribution in [2.45, 2.75) is 39.8 Å². The highest BCUT2D eigenvalue weighted by atomic mass is 79.9. The molecule has 5 heteroatoms. The Morgan fingerprint density at radius 3 is 2.75 bits per heavy atom. The topological polar surface area (TPSA) is 39.9 Å². The fraction of sp³-hybridized carbons (Fsp3) is 0.467. The van der Waals surface area contributed by atoms with Gasteiger partial charge < -0.3 is 4.74 Å². The number of halogens is 1. The second-order valence-corrected chi connectivity index (χ2v) is 5.47. The molecule has 0 aliphatic carbocycles. The Bertz CT molecular complexity index is 540. The third-order valence-electron chi connectivity index (χ3n) is 3.20. The molecule has 0 aliphatic rings. The van der Waals surface area contributed by atoms with E-state index in [4.69, 9.17) is 4.74 Å². The average molecular weight is 338 g/mol. The van der Waals surface area contributed by atoms with Gasteiger partial charge in [0.25, 0.3) is 0 Å². The molecule has 0 spiro atoms. The van der Waals surface area contributed by atoms with Gasteiger partial charge in [-0.1, -0.05) is 0 Å². The molecule has 2 heterocycles. The number of ether oxygens (including phenoxy) is 1. The van der Waals surface area contributed by atoms with E-state index in [1.54, 1.807) is 0 Å². The lowest BCUT2D eigenvalue weighted by Gasteiger charge is -2.07. The van der Waals surface area contributed by atoms with E-state index in [1.807, 2.05) is 36.1 Å². The Hall–Kier alpha value is -1.20. The minimum absolute atomic E-state index is 0.603. The Balaban J connectivity index is 1.76. The summed E-state index contributed by atoms with van der Waals surface area (Å²) in [6.45, 7) is 6.31. The van der Waals surface area contributed by atoms with Gasteiger partial charge in [-0.15, -0.1) is 0 Å². The fourth-order valence-corrected chi connectivity index (χ4v) is 2.50. The maximum absolute atomic E-state index is 5.77. The summed E-state index contributed by atoms with van der Waals surface area (Å²) in [5, 5.41) is 4.46. The van der Waals surface area contributed by atoms with Gasteiger partial charge in [0.2, 0.25) is 0 Å². The maximum Gasteiger partial charge on any atom is 0.0896 e. The second-order valence-electron chi connectivity index (χ2n) is 4.67. The summed E-state index contributed by atoms with van der Waals surface area (Å²) in [4.78, 5) is 4.01. The van der Waals surface area contributed by atoms with Gasteiger partial charge in [-0.2, -0.15) is 5.10 Å². The van der Waals surface area contributed by atoms with Gasteiger partial charge in [-0.3, -0.25) is 9.67 Å². The van der Waals surface area contributed by atoms with Crippen molar-refractivity contribution < 1.29 is 4.74 Å². The molecular weight excluding hydrogens is 318 g/mol. The van der Waals surface area contributed by atoms with E-state index in [9.17, 15) is 0 Å². The largest absolute Gasteiger partial charge is 0.375 e. The van der Waals surface area contributed by atoms with Gasteiger partial charge in [0.05, 0.1) is 22.5 Å². The Labute approximate surface area is 128 Å². The molecule has 108 valence electrons. The number of aromatic nitrogens is 3. The van der Waals surface area contributed by atoms with Crippen molar-refractivity contribution in [2.75, 3.05) is 6.61 Å². The third-order valence-corrected chi connectivity index (χ3v) is 4.23. The molecule has 0 radical (unpaired) electrons. The molecule has 0 atom stereocenters. The standard InChI is InChI=1S/C15H20BrN3O/c1-3-19-14(15(16)12(2)18-19)11-20-10-4-5-13-6-8-17-9-7-13/h6-9H,3-5,10-11H2,1-2H3. The highest BCUT2D eigenvalue weighted by Gasteiger charge is 2.11. The molecule has 2 rings (SSSR count). The van der Waals surface area contributed by atoms with Gasteiger partial charge in [-0.05, 0) is 60.3 Å². The zero-order chi connectivity index (χ0) is 14.4. The third kappa shape index (κ3) is 3.90. The number of nitrogens with zero attached hydrogens (tertiary/aromatic N) is 3. The van der Waals surface area contributed by atoms with Crippen LogP contribution in [0.15, 0.2) is 29.0 Å². The monoisotopic (exact) mass is 337 g/mol. The molecule has 0 unspecified atom stereocenters. The normalized spacial score (nSPS) is 10.9. The van der Waals surface area contributed by atoms with Gasteiger partial charge >= 0.3 is 0 Å². The van der Waals surface area contributed by atoms with E-state index in [-0.39, 0.29) is 0 Å². The molecule has 0 aliphatic heterocycles. The lowest BCUT2D eigenvalue weighted by molar-refractivity contribution is 0.112. The summed E-state index contributed by atoms with van der Waals surface area (Å²) in [6.07, 6.45) is 5.70. The van der Waals surface area contributed by atoms with E-state index in [1.165, 1.54) is 5.56 Å². The van der Waals surface area contributed by atoms with Gasteiger partial charge in [0.15, 0.2) is 0 Å². The number of hydrogen-bond donors (Lipinski definition) is 0. The molecule has 2 aromatic heterocycles. The number of hydrogen-bond acceptors (Lipinski definition) is 3. The zero-order valence-corrected chi connectivity index (χ0v) is 13.6. The summed E-state index contributed by atoms with van der Waals surface area (Å²) >= 11 is 3.58. The first-order chi connectivity index (χ1) is 9.72. The summed E-state index contributed by atoms with van der Waals surface area (Å²) in [5.74, 6) is 0. The zero-order valence-electron chi connectivity index (χ0n) is 12.0. The van der Waals surface area contributed by atoms with Crippen molar-refractivity contribution in [3.05, 3.63) is 46.0 Å². The van der Waals surface area contributed by atoms with Crippen molar-refractivity contribution in [1.82, 2.24) is 14.8 Å². The van der Waals surface area contributed by atoms with Crippen LogP contribution in [0.25, 0.3) is 0 Å². The lowest BCUT2D eigenvalue weighted by atomic mass is 10.1. The first kappa shape index (κ1) is 15.2. The Kier molecular flexibility index (Phi) is 5.73. The molecule has 0 amide bonds. The van der Waals surface area contributed by atoms with Gasteiger partial charge in [0, 0.05) is 25.5 Å². The van der Waals surface area contributed by atoms with Crippen LogP contribution in [0.3, 0.4) is 0 Å². The molecule has 0 fully saturated rings. The van der Waals surface area contributed by atoms with Crippen LogP contribution in [0.4, 0.5) is 0 Å². The molecule has 0 N–H and O–H groups in total. The van der Waals surface area contributed by atoms with Gasteiger partial charge in [0.1, 0.15) is 0 Å². The quantitative estimate of drug-likeness (QED) is 0.725. The van der Waals surface area contributed by atoms with Crippen LogP contribution in [-0.2, 0) is 24.3 Å². The van der Waals surface area contributed by atoms with E-state index in [0.29, 0.717) is 6.61 Å². The van der Waals surface area contributed by atoms with Crippen molar-refractivity contribution in [3.63, 3.8) is 0 Å². The van der Waals surface area contributed by atoms with Crippen LogP contribution in [0.5, 0.6) is 0 Å². The van der Waals surface area contributed by atoms with Crippen LogP contribution in [0.1, 0.15) is 30.3 Å². The number of pyridine rings is 1. The van der Waals surface area contributed by atoms with Crippen LogP contribution in [0.2, 0.25) is 0 Å². The molecule has 0 bridgehead atoms. The van der Waals surface area contributed by atoms with Crippen LogP contribution in [0, 0.1) is 6.92 Å². The summed E-state index contributed by atoms with van der Waals surface area (Å²) < 4.78 is 8.82. The van der Waals surface area contributed by atoms with Crippen LogP contribution >= 0.6 is 15.9 Å². The van der Waals surface area contributed by atoms with E-state index in [0.717, 1.165) is 41.9 Å². The van der Waals surface area contributed by atoms with Crippen LogP contribution in [-0.4, -0.2) is 21.4 Å². The molecule has 20 heavy (non-hydrogen) atoms. The summed E-state index contributed by atoms with van der Waals surface area (Å²) in [6, 6.07) is 4.10. The van der Waals surface area contributed by atoms with E-state index < -0.39 is 0 Å². The molecular formula is C15H20BrN3O. The molecule has 0 aromatic carbocycles. The van der Waals surface area contributed by atoms with Crippen LogP contribution < -0.4 is 0 Å². The van der Waals surface area contributed by atoms with E-state index in [2.05, 4.69) is 32.9 Å². The first-order valence-electron chi connectivity index (χ1n) is 6.90. The summed E-state index contributed by atoms with van der Waals surface area (Å²) in [5.41, 5.74) is 3.44.